The van der Waals surface area contributed by atoms with Crippen LogP contribution in [0.3, 0.4) is 0 Å². The van der Waals surface area contributed by atoms with Gasteiger partial charge in [0.25, 0.3) is 0 Å². The minimum absolute atomic E-state index is 0.0319. The van der Waals surface area contributed by atoms with Crippen molar-refractivity contribution < 1.29 is 9.53 Å². The average Bonchev–Trinajstić information content (AvgIpc) is 3.14. The molecule has 1 heterocycles. The summed E-state index contributed by atoms with van der Waals surface area (Å²) in [6.07, 6.45) is 2.53. The minimum atomic E-state index is -0.353. The van der Waals surface area contributed by atoms with Crippen LogP contribution in [0.4, 0.5) is 5.69 Å². The van der Waals surface area contributed by atoms with Crippen LogP contribution < -0.4 is 11.1 Å². The van der Waals surface area contributed by atoms with E-state index in [0.717, 1.165) is 11.3 Å². The number of aromatic nitrogens is 1. The van der Waals surface area contributed by atoms with Crippen LogP contribution in [0, 0.1) is 23.2 Å². The van der Waals surface area contributed by atoms with Gasteiger partial charge in [-0.25, -0.2) is 0 Å². The van der Waals surface area contributed by atoms with Crippen molar-refractivity contribution in [3.05, 3.63) is 53.9 Å². The largest absolute Gasteiger partial charge is 0.399 e. The molecular formula is C20H26N4O2. The zero-order valence-corrected chi connectivity index (χ0v) is 15.2. The van der Waals surface area contributed by atoms with Crippen LogP contribution in [0.15, 0.2) is 42.6 Å². The van der Waals surface area contributed by atoms with E-state index >= 15 is 0 Å². The Morgan fingerprint density at radius 2 is 2.19 bits per heavy atom. The molecule has 26 heavy (non-hydrogen) atoms. The van der Waals surface area contributed by atoms with E-state index in [4.69, 9.17) is 15.7 Å². The summed E-state index contributed by atoms with van der Waals surface area (Å²) in [5, 5.41) is 12.0. The second-order valence-electron chi connectivity index (χ2n) is 6.49. The highest BCUT2D eigenvalue weighted by atomic mass is 16.5. The number of hydrogen-bond acceptors (Lipinski definition) is 4. The lowest BCUT2D eigenvalue weighted by Crippen LogP contribution is -2.36. The molecule has 0 aliphatic carbocycles. The van der Waals surface area contributed by atoms with E-state index in [9.17, 15) is 4.79 Å². The third kappa shape index (κ3) is 5.36. The topological polar surface area (TPSA) is 104 Å². The fourth-order valence-electron chi connectivity index (χ4n) is 3.06. The first kappa shape index (κ1) is 19.5. The number of nitriles is 1. The quantitative estimate of drug-likeness (QED) is 0.602. The summed E-state index contributed by atoms with van der Waals surface area (Å²) < 4.78 is 5.48. The van der Waals surface area contributed by atoms with E-state index in [1.54, 1.807) is 13.3 Å². The van der Waals surface area contributed by atoms with Crippen molar-refractivity contribution in [2.45, 2.75) is 25.9 Å². The van der Waals surface area contributed by atoms with Crippen molar-refractivity contribution in [1.29, 1.82) is 5.26 Å². The van der Waals surface area contributed by atoms with E-state index in [0.29, 0.717) is 25.1 Å². The van der Waals surface area contributed by atoms with Gasteiger partial charge in [-0.15, -0.1) is 0 Å². The van der Waals surface area contributed by atoms with Gasteiger partial charge in [-0.05, 0) is 42.2 Å². The van der Waals surface area contributed by atoms with Gasteiger partial charge in [-0.2, -0.15) is 5.26 Å². The maximum absolute atomic E-state index is 12.5. The van der Waals surface area contributed by atoms with Gasteiger partial charge >= 0.3 is 0 Å². The number of methoxy groups -OCH3 is 1. The third-order valence-electron chi connectivity index (χ3n) is 4.47. The van der Waals surface area contributed by atoms with E-state index < -0.39 is 0 Å². The molecule has 0 radical (unpaired) electrons. The standard InChI is InChI=1S/C20H26N4O2/c1-14(19(26-2)18-7-4-10-23-18)20(25)24-13-16(8-9-21)11-15-5-3-6-17(22)12-15/h3-7,10,12,14,16,19,23H,8,11,13,22H2,1-2H3,(H,24,25)/t14-,16-,19-/m1/s1. The number of anilines is 1. The minimum Gasteiger partial charge on any atom is -0.399 e. The summed E-state index contributed by atoms with van der Waals surface area (Å²) in [4.78, 5) is 15.6. The van der Waals surface area contributed by atoms with Crippen LogP contribution in [-0.2, 0) is 16.0 Å². The number of nitrogens with two attached hydrogens (primary N) is 1. The Balaban J connectivity index is 1.94. The Hall–Kier alpha value is -2.78. The Bertz CT molecular complexity index is 737. The van der Waals surface area contributed by atoms with Crippen molar-refractivity contribution >= 4 is 11.6 Å². The van der Waals surface area contributed by atoms with Gasteiger partial charge in [0.15, 0.2) is 0 Å². The molecule has 0 unspecified atom stereocenters. The molecule has 6 nitrogen and oxygen atoms in total. The van der Waals surface area contributed by atoms with Gasteiger partial charge in [0, 0.05) is 37.7 Å². The Labute approximate surface area is 154 Å². The number of aromatic amines is 1. The van der Waals surface area contributed by atoms with Gasteiger partial charge in [-0.1, -0.05) is 19.1 Å². The molecule has 2 aromatic rings. The molecule has 0 aliphatic rings. The SMILES string of the molecule is CO[C@@H](c1ccc[nH]1)[C@@H](C)C(=O)NC[C@H](CC#N)Cc1cccc(N)c1. The van der Waals surface area contributed by atoms with E-state index in [-0.39, 0.29) is 23.8 Å². The molecule has 6 heteroatoms. The first-order chi connectivity index (χ1) is 12.5. The lowest BCUT2D eigenvalue weighted by atomic mass is 9.95. The van der Waals surface area contributed by atoms with Crippen molar-refractivity contribution in [2.75, 3.05) is 19.4 Å². The number of amides is 1. The Morgan fingerprint density at radius 3 is 2.81 bits per heavy atom. The number of nitrogens with one attached hydrogen (secondary N) is 2. The second kappa shape index (κ2) is 9.64. The molecule has 4 N–H and O–H groups in total. The van der Waals surface area contributed by atoms with Gasteiger partial charge in [0.05, 0.1) is 12.0 Å². The second-order valence-corrected chi connectivity index (χ2v) is 6.49. The summed E-state index contributed by atoms with van der Waals surface area (Å²) >= 11 is 0. The summed E-state index contributed by atoms with van der Waals surface area (Å²) in [7, 11) is 1.59. The van der Waals surface area contributed by atoms with Crippen molar-refractivity contribution in [1.82, 2.24) is 10.3 Å². The van der Waals surface area contributed by atoms with Crippen LogP contribution in [0.2, 0.25) is 0 Å². The number of rotatable bonds is 9. The summed E-state index contributed by atoms with van der Waals surface area (Å²) in [6.45, 7) is 2.27. The van der Waals surface area contributed by atoms with Crippen LogP contribution in [0.25, 0.3) is 0 Å². The molecular weight excluding hydrogens is 328 g/mol. The molecule has 0 saturated carbocycles. The molecule has 0 aliphatic heterocycles. The lowest BCUT2D eigenvalue weighted by Gasteiger charge is -2.22. The number of benzene rings is 1. The normalized spacial score (nSPS) is 14.2. The predicted molar refractivity (Wildman–Crippen MR) is 101 cm³/mol. The number of carbonyl (C=O) groups is 1. The molecule has 0 spiro atoms. The zero-order valence-electron chi connectivity index (χ0n) is 15.2. The van der Waals surface area contributed by atoms with Gasteiger partial charge in [0.2, 0.25) is 5.91 Å². The Morgan fingerprint density at radius 1 is 1.38 bits per heavy atom. The maximum Gasteiger partial charge on any atom is 0.225 e. The fraction of sp³-hybridized carbons (Fsp3) is 0.400. The third-order valence-corrected chi connectivity index (χ3v) is 4.47. The number of hydrogen-bond donors (Lipinski definition) is 3. The number of nitrogen functional groups attached to an aromatic ring is 1. The van der Waals surface area contributed by atoms with Crippen LogP contribution >= 0.6 is 0 Å². The number of carbonyl (C=O) groups excluding carboxylic acids is 1. The van der Waals surface area contributed by atoms with Gasteiger partial charge < -0.3 is 20.8 Å². The van der Waals surface area contributed by atoms with Crippen molar-refractivity contribution in [3.8, 4) is 6.07 Å². The monoisotopic (exact) mass is 354 g/mol. The molecule has 0 saturated heterocycles. The summed E-state index contributed by atoms with van der Waals surface area (Å²) in [6, 6.07) is 13.6. The zero-order chi connectivity index (χ0) is 18.9. The smallest absolute Gasteiger partial charge is 0.225 e. The maximum atomic E-state index is 12.5. The van der Waals surface area contributed by atoms with Crippen LogP contribution in [0.5, 0.6) is 0 Å². The van der Waals surface area contributed by atoms with E-state index in [2.05, 4.69) is 16.4 Å². The van der Waals surface area contributed by atoms with Crippen molar-refractivity contribution in [3.63, 3.8) is 0 Å². The highest BCUT2D eigenvalue weighted by Crippen LogP contribution is 2.24. The molecule has 138 valence electrons. The summed E-state index contributed by atoms with van der Waals surface area (Å²) in [5.41, 5.74) is 8.44. The predicted octanol–water partition coefficient (Wildman–Crippen LogP) is 2.81. The van der Waals surface area contributed by atoms with E-state index in [1.165, 1.54) is 0 Å². The highest BCUT2D eigenvalue weighted by molar-refractivity contribution is 5.79. The van der Waals surface area contributed by atoms with Gasteiger partial charge in [0.1, 0.15) is 6.10 Å². The fourth-order valence-corrected chi connectivity index (χ4v) is 3.06. The number of nitrogens with zero attached hydrogens (tertiary/aromatic N) is 1. The molecule has 3 atom stereocenters. The highest BCUT2D eigenvalue weighted by Gasteiger charge is 2.26. The van der Waals surface area contributed by atoms with Crippen molar-refractivity contribution in [2.24, 2.45) is 11.8 Å². The number of H-pyrrole nitrogens is 1. The van der Waals surface area contributed by atoms with Crippen LogP contribution in [-0.4, -0.2) is 24.5 Å². The first-order valence-electron chi connectivity index (χ1n) is 8.70. The lowest BCUT2D eigenvalue weighted by molar-refractivity contribution is -0.129. The average molecular weight is 354 g/mol. The number of ether oxygens (including phenoxy) is 1. The van der Waals surface area contributed by atoms with Gasteiger partial charge in [-0.3, -0.25) is 4.79 Å². The molecule has 1 aromatic heterocycles. The Kier molecular flexibility index (Phi) is 7.24. The molecule has 0 bridgehead atoms. The van der Waals surface area contributed by atoms with E-state index in [1.807, 2.05) is 43.3 Å². The molecule has 0 fully saturated rings. The van der Waals surface area contributed by atoms with Crippen LogP contribution in [0.1, 0.15) is 30.7 Å². The molecule has 2 rings (SSSR count). The first-order valence-corrected chi connectivity index (χ1v) is 8.70. The summed E-state index contributed by atoms with van der Waals surface area (Å²) in [5.74, 6) is -0.417. The molecule has 1 aromatic carbocycles. The molecule has 1 amide bonds.